The zero-order chi connectivity index (χ0) is 17.1. The molecule has 0 spiro atoms. The highest BCUT2D eigenvalue weighted by molar-refractivity contribution is 6.01. The van der Waals surface area contributed by atoms with Crippen LogP contribution in [0.4, 0.5) is 10.5 Å². The summed E-state index contributed by atoms with van der Waals surface area (Å²) >= 11 is 0. The van der Waals surface area contributed by atoms with Crippen molar-refractivity contribution in [1.29, 1.82) is 0 Å². The van der Waals surface area contributed by atoms with Crippen molar-refractivity contribution >= 4 is 23.6 Å². The van der Waals surface area contributed by atoms with Gasteiger partial charge >= 0.3 is 6.09 Å². The molecule has 2 aliphatic heterocycles. The second-order valence-corrected chi connectivity index (χ2v) is 5.61. The van der Waals surface area contributed by atoms with Gasteiger partial charge in [0.25, 0.3) is 11.8 Å². The molecule has 0 N–H and O–H groups in total. The van der Waals surface area contributed by atoms with Crippen molar-refractivity contribution in [3.05, 3.63) is 24.3 Å². The first-order valence-corrected chi connectivity index (χ1v) is 7.80. The summed E-state index contributed by atoms with van der Waals surface area (Å²) in [6.45, 7) is 2.20. The van der Waals surface area contributed by atoms with E-state index in [2.05, 4.69) is 4.90 Å². The predicted octanol–water partition coefficient (Wildman–Crippen LogP) is 1.02. The minimum absolute atomic E-state index is 0.0946. The first kappa shape index (κ1) is 16.1. The molecule has 3 rings (SSSR count). The third-order valence-corrected chi connectivity index (χ3v) is 4.15. The van der Waals surface area contributed by atoms with Crippen molar-refractivity contribution in [3.63, 3.8) is 0 Å². The molecule has 128 valence electrons. The Kier molecular flexibility index (Phi) is 4.54. The third kappa shape index (κ3) is 3.27. The van der Waals surface area contributed by atoms with Gasteiger partial charge in [-0.05, 0) is 24.3 Å². The molecule has 0 radical (unpaired) electrons. The summed E-state index contributed by atoms with van der Waals surface area (Å²) in [4.78, 5) is 43.6. The molecule has 2 fully saturated rings. The van der Waals surface area contributed by atoms with Crippen LogP contribution in [0.15, 0.2) is 24.3 Å². The molecule has 0 unspecified atom stereocenters. The third-order valence-electron chi connectivity index (χ3n) is 4.15. The number of hydrogen-bond donors (Lipinski definition) is 0. The van der Waals surface area contributed by atoms with Crippen LogP contribution in [-0.2, 0) is 14.4 Å². The van der Waals surface area contributed by atoms with E-state index in [-0.39, 0.29) is 12.8 Å². The maximum Gasteiger partial charge on any atom is 0.434 e. The topological polar surface area (TPSA) is 79.4 Å². The quantitative estimate of drug-likeness (QED) is 0.769. The summed E-state index contributed by atoms with van der Waals surface area (Å²) in [5, 5.41) is 0.582. The smallest absolute Gasteiger partial charge is 0.434 e. The van der Waals surface area contributed by atoms with Gasteiger partial charge in [-0.1, -0.05) is 0 Å². The molecule has 1 aromatic rings. The van der Waals surface area contributed by atoms with E-state index in [0.717, 1.165) is 11.4 Å². The Balaban J connectivity index is 1.53. The van der Waals surface area contributed by atoms with Gasteiger partial charge in [-0.15, -0.1) is 5.06 Å². The van der Waals surface area contributed by atoms with Crippen molar-refractivity contribution in [1.82, 2.24) is 9.96 Å². The van der Waals surface area contributed by atoms with Gasteiger partial charge in [-0.2, -0.15) is 0 Å². The van der Waals surface area contributed by atoms with Gasteiger partial charge in [-0.25, -0.2) is 4.79 Å². The van der Waals surface area contributed by atoms with Crippen molar-refractivity contribution in [2.45, 2.75) is 12.8 Å². The van der Waals surface area contributed by atoms with Crippen LogP contribution in [0.2, 0.25) is 0 Å². The minimum Gasteiger partial charge on any atom is -0.497 e. The van der Waals surface area contributed by atoms with Gasteiger partial charge in [0.15, 0.2) is 0 Å². The average Bonchev–Trinajstić information content (AvgIpc) is 2.94. The van der Waals surface area contributed by atoms with Crippen molar-refractivity contribution < 1.29 is 24.0 Å². The Morgan fingerprint density at radius 1 is 0.958 bits per heavy atom. The number of carbonyl (C=O) groups excluding carboxylic acids is 3. The van der Waals surface area contributed by atoms with Gasteiger partial charge in [0.05, 0.1) is 7.11 Å². The molecular weight excluding hydrogens is 314 g/mol. The Labute approximate surface area is 139 Å². The number of carbonyl (C=O) groups is 3. The molecule has 0 aromatic heterocycles. The Morgan fingerprint density at radius 3 is 2.08 bits per heavy atom. The van der Waals surface area contributed by atoms with E-state index in [9.17, 15) is 14.4 Å². The van der Waals surface area contributed by atoms with Crippen LogP contribution in [-0.4, -0.2) is 61.2 Å². The summed E-state index contributed by atoms with van der Waals surface area (Å²) in [5.41, 5.74) is 1.05. The monoisotopic (exact) mass is 333 g/mol. The maximum atomic E-state index is 12.1. The molecule has 2 aliphatic rings. The Morgan fingerprint density at radius 2 is 1.54 bits per heavy atom. The lowest BCUT2D eigenvalue weighted by molar-refractivity contribution is -0.173. The average molecular weight is 333 g/mol. The molecule has 0 bridgehead atoms. The van der Waals surface area contributed by atoms with Crippen LogP contribution in [0, 0.1) is 0 Å². The van der Waals surface area contributed by atoms with Gasteiger partial charge in [0, 0.05) is 44.7 Å². The molecule has 8 nitrogen and oxygen atoms in total. The first-order chi connectivity index (χ1) is 11.6. The normalized spacial score (nSPS) is 18.1. The van der Waals surface area contributed by atoms with Crippen LogP contribution in [0.25, 0.3) is 0 Å². The summed E-state index contributed by atoms with van der Waals surface area (Å²) in [6.07, 6.45) is -0.470. The maximum absolute atomic E-state index is 12.1. The summed E-state index contributed by atoms with van der Waals surface area (Å²) in [7, 11) is 1.62. The molecule has 2 saturated heterocycles. The molecular formula is C16H19N3O5. The molecule has 1 aromatic carbocycles. The molecule has 0 aliphatic carbocycles. The fourth-order valence-electron chi connectivity index (χ4n) is 2.73. The zero-order valence-electron chi connectivity index (χ0n) is 13.4. The molecule has 8 heteroatoms. The molecule has 3 amide bonds. The number of piperazine rings is 1. The zero-order valence-corrected chi connectivity index (χ0v) is 13.4. The lowest BCUT2D eigenvalue weighted by Gasteiger charge is -2.35. The van der Waals surface area contributed by atoms with E-state index in [1.807, 2.05) is 24.3 Å². The number of hydrogen-bond acceptors (Lipinski definition) is 6. The van der Waals surface area contributed by atoms with E-state index < -0.39 is 17.9 Å². The second-order valence-electron chi connectivity index (χ2n) is 5.61. The van der Waals surface area contributed by atoms with Gasteiger partial charge in [0.1, 0.15) is 5.75 Å². The Bertz CT molecular complexity index is 622. The van der Waals surface area contributed by atoms with Crippen LogP contribution in [0.5, 0.6) is 5.75 Å². The van der Waals surface area contributed by atoms with Gasteiger partial charge in [-0.3, -0.25) is 9.59 Å². The largest absolute Gasteiger partial charge is 0.497 e. The Hall–Kier alpha value is -2.77. The van der Waals surface area contributed by atoms with E-state index in [4.69, 9.17) is 9.57 Å². The highest BCUT2D eigenvalue weighted by Crippen LogP contribution is 2.21. The second kappa shape index (κ2) is 6.77. The van der Waals surface area contributed by atoms with Crippen LogP contribution in [0.1, 0.15) is 12.8 Å². The van der Waals surface area contributed by atoms with Gasteiger partial charge < -0.3 is 19.4 Å². The first-order valence-electron chi connectivity index (χ1n) is 7.80. The van der Waals surface area contributed by atoms with E-state index in [0.29, 0.717) is 31.2 Å². The summed E-state index contributed by atoms with van der Waals surface area (Å²) in [6, 6.07) is 7.71. The number of anilines is 1. The fraction of sp³-hybridized carbons (Fsp3) is 0.438. The predicted molar refractivity (Wildman–Crippen MR) is 84.3 cm³/mol. The number of amides is 3. The van der Waals surface area contributed by atoms with Crippen molar-refractivity contribution in [3.8, 4) is 5.75 Å². The number of hydroxylamine groups is 2. The minimum atomic E-state index is -0.659. The standard InChI is InChI=1S/C16H19N3O5/c1-23-13-4-2-12(3-5-13)17-8-10-18(11-9-17)16(22)24-19-14(20)6-7-15(19)21/h2-5H,6-11H2,1H3. The number of methoxy groups -OCH3 is 1. The van der Waals surface area contributed by atoms with E-state index in [1.165, 1.54) is 4.90 Å². The summed E-state index contributed by atoms with van der Waals surface area (Å²) in [5.74, 6) is -0.142. The molecule has 0 atom stereocenters. The van der Waals surface area contributed by atoms with Gasteiger partial charge in [0.2, 0.25) is 0 Å². The number of imide groups is 1. The number of ether oxygens (including phenoxy) is 1. The highest BCUT2D eigenvalue weighted by atomic mass is 16.7. The van der Waals surface area contributed by atoms with Crippen LogP contribution >= 0.6 is 0 Å². The number of rotatable bonds is 3. The van der Waals surface area contributed by atoms with Crippen LogP contribution in [0.3, 0.4) is 0 Å². The van der Waals surface area contributed by atoms with Crippen molar-refractivity contribution in [2.24, 2.45) is 0 Å². The number of nitrogens with zero attached hydrogens (tertiary/aromatic N) is 3. The van der Waals surface area contributed by atoms with E-state index >= 15 is 0 Å². The fourth-order valence-corrected chi connectivity index (χ4v) is 2.73. The number of benzene rings is 1. The molecule has 0 saturated carbocycles. The highest BCUT2D eigenvalue weighted by Gasteiger charge is 2.34. The molecule has 2 heterocycles. The lowest BCUT2D eigenvalue weighted by atomic mass is 10.2. The SMILES string of the molecule is COc1ccc(N2CCN(C(=O)ON3C(=O)CCC3=O)CC2)cc1. The summed E-state index contributed by atoms with van der Waals surface area (Å²) < 4.78 is 5.14. The van der Waals surface area contributed by atoms with E-state index in [1.54, 1.807) is 7.11 Å². The van der Waals surface area contributed by atoms with Crippen molar-refractivity contribution in [2.75, 3.05) is 38.2 Å². The van der Waals surface area contributed by atoms with Crippen LogP contribution < -0.4 is 9.64 Å². The molecule has 24 heavy (non-hydrogen) atoms. The lowest BCUT2D eigenvalue weighted by Crippen LogP contribution is -2.50.